The molecular formula is C14H26N4O2. The third-order valence-electron chi connectivity index (χ3n) is 3.85. The summed E-state index contributed by atoms with van der Waals surface area (Å²) in [5, 5.41) is 13.7. The summed E-state index contributed by atoms with van der Waals surface area (Å²) in [6, 6.07) is 0.313. The zero-order valence-corrected chi connectivity index (χ0v) is 12.6. The summed E-state index contributed by atoms with van der Waals surface area (Å²) in [5.74, 6) is 1.81. The monoisotopic (exact) mass is 282 g/mol. The van der Waals surface area contributed by atoms with E-state index in [1.807, 2.05) is 4.68 Å². The van der Waals surface area contributed by atoms with E-state index in [9.17, 15) is 5.11 Å². The molecule has 0 radical (unpaired) electrons. The van der Waals surface area contributed by atoms with Gasteiger partial charge in [-0.1, -0.05) is 6.92 Å². The quantitative estimate of drug-likeness (QED) is 0.771. The summed E-state index contributed by atoms with van der Waals surface area (Å²) in [7, 11) is 1.69. The first-order valence-electron chi connectivity index (χ1n) is 7.57. The van der Waals surface area contributed by atoms with Gasteiger partial charge in [-0.2, -0.15) is 5.10 Å². The fraction of sp³-hybridized carbons (Fsp3) is 0.857. The molecule has 20 heavy (non-hydrogen) atoms. The van der Waals surface area contributed by atoms with E-state index in [1.54, 1.807) is 7.11 Å². The average molecular weight is 282 g/mol. The molecule has 114 valence electrons. The minimum Gasteiger partial charge on any atom is -0.394 e. The molecule has 0 bridgehead atoms. The first kappa shape index (κ1) is 15.4. The number of hydrogen-bond acceptors (Lipinski definition) is 5. The van der Waals surface area contributed by atoms with E-state index >= 15 is 0 Å². The molecular weight excluding hydrogens is 256 g/mol. The lowest BCUT2D eigenvalue weighted by Gasteiger charge is -2.25. The number of rotatable bonds is 8. The maximum atomic E-state index is 9.22. The SMILES string of the molecule is CCC(c1nc(CCOC)nn1CCO)N1CCCC1. The summed E-state index contributed by atoms with van der Waals surface area (Å²) in [5.41, 5.74) is 0. The first-order valence-corrected chi connectivity index (χ1v) is 7.57. The summed E-state index contributed by atoms with van der Waals surface area (Å²) < 4.78 is 6.96. The maximum absolute atomic E-state index is 9.22. The molecule has 0 aliphatic carbocycles. The molecule has 1 unspecified atom stereocenters. The van der Waals surface area contributed by atoms with Gasteiger partial charge in [0.15, 0.2) is 5.82 Å². The fourth-order valence-electron chi connectivity index (χ4n) is 2.87. The Labute approximate surface area is 120 Å². The second-order valence-electron chi connectivity index (χ2n) is 5.24. The van der Waals surface area contributed by atoms with E-state index in [-0.39, 0.29) is 6.61 Å². The highest BCUT2D eigenvalue weighted by Gasteiger charge is 2.26. The van der Waals surface area contributed by atoms with Gasteiger partial charge in [-0.25, -0.2) is 9.67 Å². The molecule has 0 spiro atoms. The van der Waals surface area contributed by atoms with Gasteiger partial charge < -0.3 is 9.84 Å². The van der Waals surface area contributed by atoms with Crippen LogP contribution in [0.25, 0.3) is 0 Å². The molecule has 0 amide bonds. The number of hydrogen-bond donors (Lipinski definition) is 1. The molecule has 6 heteroatoms. The highest BCUT2D eigenvalue weighted by atomic mass is 16.5. The van der Waals surface area contributed by atoms with Gasteiger partial charge in [0.25, 0.3) is 0 Å². The molecule has 1 aromatic rings. The van der Waals surface area contributed by atoms with Crippen molar-refractivity contribution in [2.24, 2.45) is 0 Å². The van der Waals surface area contributed by atoms with Crippen molar-refractivity contribution in [3.05, 3.63) is 11.6 Å². The number of aromatic nitrogens is 3. The highest BCUT2D eigenvalue weighted by Crippen LogP contribution is 2.26. The van der Waals surface area contributed by atoms with Crippen LogP contribution in [-0.4, -0.2) is 58.2 Å². The van der Waals surface area contributed by atoms with Crippen LogP contribution >= 0.6 is 0 Å². The number of aliphatic hydroxyl groups is 1. The smallest absolute Gasteiger partial charge is 0.153 e. The average Bonchev–Trinajstić information content (AvgIpc) is 3.09. The minimum absolute atomic E-state index is 0.0938. The molecule has 0 aromatic carbocycles. The van der Waals surface area contributed by atoms with Crippen LogP contribution in [0.3, 0.4) is 0 Å². The Kier molecular flexibility index (Phi) is 5.94. The van der Waals surface area contributed by atoms with E-state index in [0.29, 0.717) is 19.2 Å². The Balaban J connectivity index is 2.19. The molecule has 0 saturated carbocycles. The Morgan fingerprint density at radius 1 is 1.35 bits per heavy atom. The predicted molar refractivity (Wildman–Crippen MR) is 76.5 cm³/mol. The van der Waals surface area contributed by atoms with Gasteiger partial charge in [-0.05, 0) is 32.4 Å². The van der Waals surface area contributed by atoms with Gasteiger partial charge in [0, 0.05) is 13.5 Å². The minimum atomic E-state index is 0.0938. The van der Waals surface area contributed by atoms with Crippen LogP contribution in [0.4, 0.5) is 0 Å². The lowest BCUT2D eigenvalue weighted by atomic mass is 10.2. The highest BCUT2D eigenvalue weighted by molar-refractivity contribution is 5.01. The molecule has 1 aliphatic heterocycles. The van der Waals surface area contributed by atoms with Gasteiger partial charge in [0.1, 0.15) is 5.82 Å². The van der Waals surface area contributed by atoms with Gasteiger partial charge in [0.05, 0.1) is 25.8 Å². The predicted octanol–water partition coefficient (Wildman–Crippen LogP) is 1.01. The van der Waals surface area contributed by atoms with Gasteiger partial charge >= 0.3 is 0 Å². The normalized spacial score (nSPS) is 17.8. The Morgan fingerprint density at radius 2 is 2.10 bits per heavy atom. The Hall–Kier alpha value is -0.980. The summed E-state index contributed by atoms with van der Waals surface area (Å²) in [4.78, 5) is 7.19. The molecule has 1 fully saturated rings. The van der Waals surface area contributed by atoms with E-state index in [4.69, 9.17) is 9.72 Å². The van der Waals surface area contributed by atoms with Crippen molar-refractivity contribution < 1.29 is 9.84 Å². The lowest BCUT2D eigenvalue weighted by Crippen LogP contribution is -2.28. The molecule has 1 saturated heterocycles. The van der Waals surface area contributed by atoms with Crippen LogP contribution in [0.5, 0.6) is 0 Å². The number of nitrogens with zero attached hydrogens (tertiary/aromatic N) is 4. The van der Waals surface area contributed by atoms with Crippen LogP contribution < -0.4 is 0 Å². The number of likely N-dealkylation sites (tertiary alicyclic amines) is 1. The molecule has 1 aromatic heterocycles. The third-order valence-corrected chi connectivity index (χ3v) is 3.85. The second-order valence-corrected chi connectivity index (χ2v) is 5.24. The van der Waals surface area contributed by atoms with Crippen molar-refractivity contribution in [2.75, 3.05) is 33.4 Å². The van der Waals surface area contributed by atoms with Crippen LogP contribution in [-0.2, 0) is 17.7 Å². The largest absolute Gasteiger partial charge is 0.394 e. The van der Waals surface area contributed by atoms with E-state index in [0.717, 1.165) is 37.6 Å². The maximum Gasteiger partial charge on any atom is 0.153 e. The van der Waals surface area contributed by atoms with Crippen molar-refractivity contribution in [1.82, 2.24) is 19.7 Å². The Morgan fingerprint density at radius 3 is 2.70 bits per heavy atom. The first-order chi connectivity index (χ1) is 9.80. The summed E-state index contributed by atoms with van der Waals surface area (Å²) in [6.45, 7) is 5.70. The molecule has 2 heterocycles. The van der Waals surface area contributed by atoms with Gasteiger partial charge in [-0.3, -0.25) is 4.90 Å². The van der Waals surface area contributed by atoms with E-state index in [2.05, 4.69) is 16.9 Å². The number of methoxy groups -OCH3 is 1. The standard InChI is InChI=1S/C14H26N4O2/c1-3-12(17-7-4-5-8-17)14-15-13(6-11-20-2)16-18(14)9-10-19/h12,19H,3-11H2,1-2H3. The second kappa shape index (κ2) is 7.71. The zero-order valence-electron chi connectivity index (χ0n) is 12.6. The third kappa shape index (κ3) is 3.56. The fourth-order valence-corrected chi connectivity index (χ4v) is 2.87. The van der Waals surface area contributed by atoms with Crippen molar-refractivity contribution >= 4 is 0 Å². The Bertz CT molecular complexity index is 402. The van der Waals surface area contributed by atoms with Crippen molar-refractivity contribution in [3.63, 3.8) is 0 Å². The van der Waals surface area contributed by atoms with E-state index < -0.39 is 0 Å². The van der Waals surface area contributed by atoms with Crippen molar-refractivity contribution in [1.29, 1.82) is 0 Å². The summed E-state index contributed by atoms with van der Waals surface area (Å²) >= 11 is 0. The van der Waals surface area contributed by atoms with Gasteiger partial charge in [-0.15, -0.1) is 0 Å². The van der Waals surface area contributed by atoms with Crippen LogP contribution in [0, 0.1) is 0 Å². The van der Waals surface area contributed by atoms with Crippen molar-refractivity contribution in [2.45, 2.75) is 45.2 Å². The van der Waals surface area contributed by atoms with Gasteiger partial charge in [0.2, 0.25) is 0 Å². The molecule has 1 atom stereocenters. The molecule has 2 rings (SSSR count). The topological polar surface area (TPSA) is 63.4 Å². The molecule has 1 aliphatic rings. The summed E-state index contributed by atoms with van der Waals surface area (Å²) in [6.07, 6.45) is 4.27. The lowest BCUT2D eigenvalue weighted by molar-refractivity contribution is 0.200. The molecule has 6 nitrogen and oxygen atoms in total. The van der Waals surface area contributed by atoms with Crippen LogP contribution in [0.1, 0.15) is 43.9 Å². The van der Waals surface area contributed by atoms with Crippen LogP contribution in [0.2, 0.25) is 0 Å². The zero-order chi connectivity index (χ0) is 14.4. The molecule has 1 N–H and O–H groups in total. The number of ether oxygens (including phenoxy) is 1. The number of aliphatic hydroxyl groups excluding tert-OH is 1. The van der Waals surface area contributed by atoms with Crippen molar-refractivity contribution in [3.8, 4) is 0 Å². The van der Waals surface area contributed by atoms with Crippen LogP contribution in [0.15, 0.2) is 0 Å². The van der Waals surface area contributed by atoms with E-state index in [1.165, 1.54) is 12.8 Å².